The van der Waals surface area contributed by atoms with Gasteiger partial charge in [0, 0.05) is 54.4 Å². The van der Waals surface area contributed by atoms with E-state index in [1.165, 1.54) is 0 Å². The molecule has 30 heavy (non-hydrogen) atoms. The molecule has 0 radical (unpaired) electrons. The van der Waals surface area contributed by atoms with Crippen LogP contribution in [0.25, 0.3) is 21.9 Å². The maximum atomic E-state index is 13.2. The third-order valence-corrected chi connectivity index (χ3v) is 5.55. The predicted molar refractivity (Wildman–Crippen MR) is 114 cm³/mol. The summed E-state index contributed by atoms with van der Waals surface area (Å²) in [6.07, 6.45) is 5.28. The molecule has 1 aliphatic heterocycles. The van der Waals surface area contributed by atoms with Gasteiger partial charge in [-0.3, -0.25) is 9.78 Å². The second-order valence-electron chi connectivity index (χ2n) is 7.33. The Kier molecular flexibility index (Phi) is 4.59. The minimum atomic E-state index is 0.0518. The molecule has 148 valence electrons. The molecule has 3 heterocycles. The highest BCUT2D eigenvalue weighted by atomic mass is 16.5. The van der Waals surface area contributed by atoms with Crippen LogP contribution in [0.15, 0.2) is 73.2 Å². The van der Waals surface area contributed by atoms with E-state index in [0.29, 0.717) is 30.6 Å². The Morgan fingerprint density at radius 3 is 2.37 bits per heavy atom. The predicted octanol–water partition coefficient (Wildman–Crippen LogP) is 3.94. The average molecular weight is 396 g/mol. The molecule has 2 aromatic heterocycles. The van der Waals surface area contributed by atoms with Gasteiger partial charge in [-0.25, -0.2) is 9.97 Å². The first-order valence-electron chi connectivity index (χ1n) is 9.83. The standard InChI is InChI=1S/C24H20N4O2/c1-30-24-26-12-16(13-27-24)18-9-10-21(20-7-3-2-6-19(18)20)23(29)28-14-17(15-28)22-8-4-5-11-25-22/h2-13,17H,14-15H2,1H3. The number of carbonyl (C=O) groups is 1. The van der Waals surface area contributed by atoms with Crippen molar-refractivity contribution in [3.8, 4) is 17.1 Å². The van der Waals surface area contributed by atoms with E-state index in [1.54, 1.807) is 25.7 Å². The van der Waals surface area contributed by atoms with Crippen LogP contribution in [-0.2, 0) is 0 Å². The number of nitrogens with zero attached hydrogens (tertiary/aromatic N) is 4. The van der Waals surface area contributed by atoms with Crippen molar-refractivity contribution >= 4 is 16.7 Å². The van der Waals surface area contributed by atoms with Crippen LogP contribution in [-0.4, -0.2) is 46.0 Å². The molecule has 5 rings (SSSR count). The normalized spacial score (nSPS) is 13.8. The number of likely N-dealkylation sites (tertiary alicyclic amines) is 1. The molecule has 0 atom stereocenters. The number of benzene rings is 2. The minimum Gasteiger partial charge on any atom is -0.467 e. The zero-order valence-electron chi connectivity index (χ0n) is 16.5. The maximum Gasteiger partial charge on any atom is 0.316 e. The first-order chi connectivity index (χ1) is 14.7. The van der Waals surface area contributed by atoms with Gasteiger partial charge in [-0.05, 0) is 34.5 Å². The summed E-state index contributed by atoms with van der Waals surface area (Å²) in [5.41, 5.74) is 3.62. The molecule has 0 saturated carbocycles. The number of fused-ring (bicyclic) bond motifs is 1. The molecular formula is C24H20N4O2. The highest BCUT2D eigenvalue weighted by Crippen LogP contribution is 2.33. The summed E-state index contributed by atoms with van der Waals surface area (Å²) in [7, 11) is 1.54. The fraction of sp³-hybridized carbons (Fsp3) is 0.167. The van der Waals surface area contributed by atoms with Gasteiger partial charge in [0.2, 0.25) is 0 Å². The van der Waals surface area contributed by atoms with Gasteiger partial charge >= 0.3 is 6.01 Å². The van der Waals surface area contributed by atoms with Crippen LogP contribution in [0.2, 0.25) is 0 Å². The zero-order valence-corrected chi connectivity index (χ0v) is 16.5. The molecule has 0 unspecified atom stereocenters. The van der Waals surface area contributed by atoms with Crippen molar-refractivity contribution < 1.29 is 9.53 Å². The summed E-state index contributed by atoms with van der Waals surface area (Å²) in [6, 6.07) is 18.1. The van der Waals surface area contributed by atoms with Crippen LogP contribution in [0.4, 0.5) is 0 Å². The Balaban J connectivity index is 1.45. The Labute approximate surface area is 174 Å². The molecular weight excluding hydrogens is 376 g/mol. The Morgan fingerprint density at radius 2 is 1.67 bits per heavy atom. The molecule has 1 amide bonds. The van der Waals surface area contributed by atoms with Gasteiger partial charge in [0.15, 0.2) is 0 Å². The molecule has 0 bridgehead atoms. The highest BCUT2D eigenvalue weighted by molar-refractivity contribution is 6.11. The fourth-order valence-electron chi connectivity index (χ4n) is 3.92. The van der Waals surface area contributed by atoms with E-state index in [4.69, 9.17) is 4.74 Å². The lowest BCUT2D eigenvalue weighted by molar-refractivity contribution is 0.0601. The number of methoxy groups -OCH3 is 1. The van der Waals surface area contributed by atoms with Crippen molar-refractivity contribution in [1.29, 1.82) is 0 Å². The second-order valence-corrected chi connectivity index (χ2v) is 7.33. The second kappa shape index (κ2) is 7.55. The molecule has 0 spiro atoms. The summed E-state index contributed by atoms with van der Waals surface area (Å²) in [5.74, 6) is 0.355. The largest absolute Gasteiger partial charge is 0.467 e. The Morgan fingerprint density at radius 1 is 0.933 bits per heavy atom. The smallest absolute Gasteiger partial charge is 0.316 e. The van der Waals surface area contributed by atoms with Crippen molar-refractivity contribution in [2.75, 3.05) is 20.2 Å². The third-order valence-electron chi connectivity index (χ3n) is 5.55. The number of pyridine rings is 1. The third kappa shape index (κ3) is 3.16. The quantitative estimate of drug-likeness (QED) is 0.523. The molecule has 6 nitrogen and oxygen atoms in total. The monoisotopic (exact) mass is 396 g/mol. The lowest BCUT2D eigenvalue weighted by Crippen LogP contribution is -2.48. The highest BCUT2D eigenvalue weighted by Gasteiger charge is 2.33. The number of rotatable bonds is 4. The number of carbonyl (C=O) groups excluding carboxylic acids is 1. The topological polar surface area (TPSA) is 68.2 Å². The van der Waals surface area contributed by atoms with Crippen molar-refractivity contribution in [1.82, 2.24) is 19.9 Å². The zero-order chi connectivity index (χ0) is 20.5. The van der Waals surface area contributed by atoms with Crippen LogP contribution >= 0.6 is 0 Å². The summed E-state index contributed by atoms with van der Waals surface area (Å²) in [4.78, 5) is 27.9. The Hall–Kier alpha value is -3.80. The molecule has 1 fully saturated rings. The molecule has 0 N–H and O–H groups in total. The van der Waals surface area contributed by atoms with E-state index in [1.807, 2.05) is 59.5 Å². The molecule has 1 saturated heterocycles. The van der Waals surface area contributed by atoms with E-state index < -0.39 is 0 Å². The van der Waals surface area contributed by atoms with Crippen molar-refractivity contribution in [2.45, 2.75) is 5.92 Å². The van der Waals surface area contributed by atoms with Crippen LogP contribution in [0, 0.1) is 0 Å². The van der Waals surface area contributed by atoms with Crippen molar-refractivity contribution in [3.63, 3.8) is 0 Å². The van der Waals surface area contributed by atoms with Crippen molar-refractivity contribution in [2.24, 2.45) is 0 Å². The van der Waals surface area contributed by atoms with Gasteiger partial charge < -0.3 is 9.64 Å². The van der Waals surface area contributed by atoms with E-state index in [9.17, 15) is 4.79 Å². The Bertz CT molecular complexity index is 1200. The molecule has 4 aromatic rings. The van der Waals surface area contributed by atoms with Crippen LogP contribution in [0.3, 0.4) is 0 Å². The minimum absolute atomic E-state index is 0.0518. The number of ether oxygens (including phenoxy) is 1. The van der Waals surface area contributed by atoms with E-state index in [0.717, 1.165) is 27.6 Å². The van der Waals surface area contributed by atoms with Crippen LogP contribution < -0.4 is 4.74 Å². The molecule has 2 aromatic carbocycles. The van der Waals surface area contributed by atoms with Gasteiger partial charge in [0.25, 0.3) is 5.91 Å². The average Bonchev–Trinajstić information content (AvgIpc) is 2.78. The first kappa shape index (κ1) is 18.2. The van der Waals surface area contributed by atoms with E-state index in [-0.39, 0.29) is 5.91 Å². The van der Waals surface area contributed by atoms with Gasteiger partial charge in [-0.15, -0.1) is 0 Å². The molecule has 6 heteroatoms. The summed E-state index contributed by atoms with van der Waals surface area (Å²) in [5, 5.41) is 1.93. The van der Waals surface area contributed by atoms with Gasteiger partial charge in [0.05, 0.1) is 7.11 Å². The molecule has 1 aliphatic rings. The van der Waals surface area contributed by atoms with E-state index in [2.05, 4.69) is 15.0 Å². The summed E-state index contributed by atoms with van der Waals surface area (Å²) in [6.45, 7) is 1.39. The maximum absolute atomic E-state index is 13.2. The fourth-order valence-corrected chi connectivity index (χ4v) is 3.92. The van der Waals surface area contributed by atoms with Gasteiger partial charge in [-0.1, -0.05) is 36.4 Å². The number of aromatic nitrogens is 3. The summed E-state index contributed by atoms with van der Waals surface area (Å²) < 4.78 is 5.05. The lowest BCUT2D eigenvalue weighted by Gasteiger charge is -2.39. The number of hydrogen-bond donors (Lipinski definition) is 0. The number of hydrogen-bond acceptors (Lipinski definition) is 5. The SMILES string of the molecule is COc1ncc(-c2ccc(C(=O)N3CC(c4ccccn4)C3)c3ccccc23)cn1. The summed E-state index contributed by atoms with van der Waals surface area (Å²) >= 11 is 0. The van der Waals surface area contributed by atoms with Gasteiger partial charge in [0.1, 0.15) is 0 Å². The number of amides is 1. The molecule has 0 aliphatic carbocycles. The van der Waals surface area contributed by atoms with Gasteiger partial charge in [-0.2, -0.15) is 0 Å². The van der Waals surface area contributed by atoms with Crippen LogP contribution in [0.1, 0.15) is 22.0 Å². The lowest BCUT2D eigenvalue weighted by atomic mass is 9.92. The van der Waals surface area contributed by atoms with Crippen molar-refractivity contribution in [3.05, 3.63) is 84.4 Å². The van der Waals surface area contributed by atoms with E-state index >= 15 is 0 Å². The first-order valence-corrected chi connectivity index (χ1v) is 9.83. The van der Waals surface area contributed by atoms with Crippen LogP contribution in [0.5, 0.6) is 6.01 Å².